The van der Waals surface area contributed by atoms with Crippen LogP contribution in [0.5, 0.6) is 5.75 Å². The molecule has 0 bridgehead atoms. The van der Waals surface area contributed by atoms with Gasteiger partial charge in [0.15, 0.2) is 5.75 Å². The average molecular weight is 332 g/mol. The predicted octanol–water partition coefficient (Wildman–Crippen LogP) is 4.31. The van der Waals surface area contributed by atoms with Crippen LogP contribution >= 0.6 is 0 Å². The number of piperidine rings is 1. The van der Waals surface area contributed by atoms with E-state index in [2.05, 4.69) is 13.8 Å². The number of rotatable bonds is 5. The Morgan fingerprint density at radius 1 is 1.21 bits per heavy atom. The van der Waals surface area contributed by atoms with E-state index < -0.39 is 5.97 Å². The number of carbonyl (C=O) groups excluding carboxylic acids is 1. The molecule has 1 aliphatic heterocycles. The summed E-state index contributed by atoms with van der Waals surface area (Å²) in [5.74, 6) is 0.613. The first-order valence-electron chi connectivity index (χ1n) is 8.81. The number of likely N-dealkylation sites (tertiary alicyclic amines) is 1. The highest BCUT2D eigenvalue weighted by Gasteiger charge is 2.36. The minimum Gasteiger partial charge on any atom is -0.460 e. The molecule has 1 aromatic carbocycles. The van der Waals surface area contributed by atoms with Crippen LogP contribution < -0.4 is 4.84 Å². The molecule has 130 valence electrons. The zero-order valence-electron chi connectivity index (χ0n) is 14.7. The maximum atomic E-state index is 11.8. The molecule has 1 aliphatic rings. The molecule has 3 rings (SSSR count). The second-order valence-electron chi connectivity index (χ2n) is 6.68. The highest BCUT2D eigenvalue weighted by atomic mass is 16.7. The van der Waals surface area contributed by atoms with E-state index in [1.165, 1.54) is 19.3 Å². The summed E-state index contributed by atoms with van der Waals surface area (Å²) in [7, 11) is 0. The van der Waals surface area contributed by atoms with Gasteiger partial charge in [0.25, 0.3) is 0 Å². The molecule has 0 unspecified atom stereocenters. The number of esters is 1. The second kappa shape index (κ2) is 6.85. The van der Waals surface area contributed by atoms with E-state index in [-0.39, 0.29) is 5.76 Å². The van der Waals surface area contributed by atoms with Crippen molar-refractivity contribution in [2.24, 2.45) is 0 Å². The summed E-state index contributed by atoms with van der Waals surface area (Å²) in [6.45, 7) is 8.60. The van der Waals surface area contributed by atoms with Gasteiger partial charge in [0.2, 0.25) is 5.76 Å². The van der Waals surface area contributed by atoms with Crippen LogP contribution in [0.15, 0.2) is 28.7 Å². The summed E-state index contributed by atoms with van der Waals surface area (Å²) in [6.07, 6.45) is 3.66. The van der Waals surface area contributed by atoms with E-state index in [4.69, 9.17) is 14.0 Å². The number of furan rings is 1. The number of nitrogens with zero attached hydrogens (tertiary/aromatic N) is 1. The number of carbonyl (C=O) groups is 1. The number of hydroxylamine groups is 3. The molecular formula is C19H26NO4+. The molecule has 2 heterocycles. The van der Waals surface area contributed by atoms with Crippen LogP contribution in [0, 0.1) is 0 Å². The van der Waals surface area contributed by atoms with Crippen LogP contribution in [0.2, 0.25) is 0 Å². The molecule has 0 spiro atoms. The van der Waals surface area contributed by atoms with Crippen LogP contribution in [-0.2, 0) is 4.74 Å². The molecule has 0 atom stereocenters. The Morgan fingerprint density at radius 2 is 1.96 bits per heavy atom. The second-order valence-corrected chi connectivity index (χ2v) is 6.68. The van der Waals surface area contributed by atoms with Crippen molar-refractivity contribution in [3.8, 4) is 5.75 Å². The zero-order valence-corrected chi connectivity index (χ0v) is 14.7. The van der Waals surface area contributed by atoms with Crippen molar-refractivity contribution in [1.82, 2.24) is 0 Å². The van der Waals surface area contributed by atoms with Gasteiger partial charge in [0.1, 0.15) is 24.7 Å². The van der Waals surface area contributed by atoms with Gasteiger partial charge in [-0.3, -0.25) is 0 Å². The SMILES string of the molecule is CCOC(=O)c1cc2cc(O[N+]3(C(C)C)CCCCC3)ccc2o1. The largest absolute Gasteiger partial charge is 0.460 e. The van der Waals surface area contributed by atoms with Gasteiger partial charge < -0.3 is 14.0 Å². The minimum absolute atomic E-state index is 0.231. The van der Waals surface area contributed by atoms with Gasteiger partial charge >= 0.3 is 5.97 Å². The van der Waals surface area contributed by atoms with E-state index >= 15 is 0 Å². The van der Waals surface area contributed by atoms with Gasteiger partial charge in [0.05, 0.1) is 6.61 Å². The van der Waals surface area contributed by atoms with Crippen LogP contribution in [0.4, 0.5) is 0 Å². The lowest BCUT2D eigenvalue weighted by atomic mass is 10.1. The highest BCUT2D eigenvalue weighted by Crippen LogP contribution is 2.30. The zero-order chi connectivity index (χ0) is 17.2. The number of fused-ring (bicyclic) bond motifs is 1. The van der Waals surface area contributed by atoms with Crippen LogP contribution in [0.1, 0.15) is 50.6 Å². The van der Waals surface area contributed by atoms with Crippen LogP contribution in [0.3, 0.4) is 0 Å². The monoisotopic (exact) mass is 332 g/mol. The Labute approximate surface area is 142 Å². The van der Waals surface area contributed by atoms with E-state index in [1.807, 2.05) is 18.2 Å². The van der Waals surface area contributed by atoms with Crippen molar-refractivity contribution < 1.29 is 23.4 Å². The Bertz CT molecular complexity index is 713. The standard InChI is InChI=1S/C19H26NO4/c1-4-22-19(21)18-13-15-12-16(8-9-17(15)23-18)24-20(14(2)3)10-6-5-7-11-20/h8-9,12-14H,4-7,10-11H2,1-3H3/q+1. The predicted molar refractivity (Wildman–Crippen MR) is 91.8 cm³/mol. The molecule has 0 amide bonds. The Kier molecular flexibility index (Phi) is 4.81. The van der Waals surface area contributed by atoms with Gasteiger partial charge in [-0.1, -0.05) is 0 Å². The summed E-state index contributed by atoms with van der Waals surface area (Å²) in [5, 5.41) is 0.856. The quantitative estimate of drug-likeness (QED) is 0.604. The Balaban J connectivity index is 1.86. The van der Waals surface area contributed by atoms with E-state index in [0.29, 0.717) is 22.9 Å². The summed E-state index contributed by atoms with van der Waals surface area (Å²) < 4.78 is 11.2. The van der Waals surface area contributed by atoms with Gasteiger partial charge in [-0.15, -0.1) is 4.65 Å². The van der Waals surface area contributed by atoms with E-state index in [0.717, 1.165) is 24.2 Å². The van der Waals surface area contributed by atoms with Gasteiger partial charge in [-0.25, -0.2) is 4.79 Å². The summed E-state index contributed by atoms with van der Waals surface area (Å²) in [4.78, 5) is 18.2. The summed E-state index contributed by atoms with van der Waals surface area (Å²) >= 11 is 0. The molecule has 1 aromatic heterocycles. The van der Waals surface area contributed by atoms with E-state index in [1.54, 1.807) is 13.0 Å². The molecule has 0 saturated carbocycles. The van der Waals surface area contributed by atoms with Crippen molar-refractivity contribution in [2.45, 2.75) is 46.1 Å². The minimum atomic E-state index is -0.433. The van der Waals surface area contributed by atoms with Crippen molar-refractivity contribution in [3.63, 3.8) is 0 Å². The smallest absolute Gasteiger partial charge is 0.374 e. The fourth-order valence-electron chi connectivity index (χ4n) is 3.35. The number of quaternary nitrogens is 1. The Morgan fingerprint density at radius 3 is 2.62 bits per heavy atom. The fourth-order valence-corrected chi connectivity index (χ4v) is 3.35. The third-order valence-electron chi connectivity index (χ3n) is 4.77. The molecule has 0 radical (unpaired) electrons. The van der Waals surface area contributed by atoms with E-state index in [9.17, 15) is 4.79 Å². The number of ether oxygens (including phenoxy) is 1. The first-order valence-corrected chi connectivity index (χ1v) is 8.81. The maximum Gasteiger partial charge on any atom is 0.374 e. The molecule has 0 aliphatic carbocycles. The average Bonchev–Trinajstić information content (AvgIpc) is 2.99. The fraction of sp³-hybridized carbons (Fsp3) is 0.526. The summed E-state index contributed by atoms with van der Waals surface area (Å²) in [5.41, 5.74) is 0.667. The Hall–Kier alpha value is -2.01. The molecule has 0 N–H and O–H groups in total. The van der Waals surface area contributed by atoms with Crippen molar-refractivity contribution in [1.29, 1.82) is 0 Å². The summed E-state index contributed by atoms with van der Waals surface area (Å²) in [6, 6.07) is 7.83. The van der Waals surface area contributed by atoms with Gasteiger partial charge in [0, 0.05) is 18.2 Å². The molecule has 1 saturated heterocycles. The third-order valence-corrected chi connectivity index (χ3v) is 4.77. The topological polar surface area (TPSA) is 48.7 Å². The number of hydrogen-bond donors (Lipinski definition) is 0. The molecule has 5 heteroatoms. The highest BCUT2D eigenvalue weighted by molar-refractivity contribution is 5.92. The van der Waals surface area contributed by atoms with Crippen molar-refractivity contribution in [3.05, 3.63) is 30.0 Å². The normalized spacial score (nSPS) is 17.2. The number of benzene rings is 1. The number of hydrogen-bond acceptors (Lipinski definition) is 4. The first kappa shape index (κ1) is 16.8. The molecule has 2 aromatic rings. The maximum absolute atomic E-state index is 11.8. The lowest BCUT2D eigenvalue weighted by Gasteiger charge is -2.41. The van der Waals surface area contributed by atoms with Gasteiger partial charge in [-0.05, 0) is 51.5 Å². The molecule has 24 heavy (non-hydrogen) atoms. The van der Waals surface area contributed by atoms with Crippen LogP contribution in [0.25, 0.3) is 11.0 Å². The molecular weight excluding hydrogens is 306 g/mol. The van der Waals surface area contributed by atoms with Crippen molar-refractivity contribution in [2.75, 3.05) is 19.7 Å². The molecule has 5 nitrogen and oxygen atoms in total. The third kappa shape index (κ3) is 3.26. The lowest BCUT2D eigenvalue weighted by molar-refractivity contribution is -1.10. The lowest BCUT2D eigenvalue weighted by Crippen LogP contribution is -2.58. The van der Waals surface area contributed by atoms with Crippen LogP contribution in [-0.4, -0.2) is 36.4 Å². The van der Waals surface area contributed by atoms with Gasteiger partial charge in [-0.2, -0.15) is 0 Å². The molecule has 1 fully saturated rings. The van der Waals surface area contributed by atoms with Crippen molar-refractivity contribution >= 4 is 16.9 Å². The first-order chi connectivity index (χ1) is 11.5.